The lowest BCUT2D eigenvalue weighted by molar-refractivity contribution is 0.282. The number of hydrogen-bond acceptors (Lipinski definition) is 3. The van der Waals surface area contributed by atoms with Crippen molar-refractivity contribution in [3.05, 3.63) is 11.6 Å². The first-order valence-corrected chi connectivity index (χ1v) is 7.15. The van der Waals surface area contributed by atoms with Crippen LogP contribution in [0.25, 0.3) is 0 Å². The van der Waals surface area contributed by atoms with Crippen LogP contribution in [-0.2, 0) is 0 Å². The van der Waals surface area contributed by atoms with Gasteiger partial charge in [-0.2, -0.15) is 0 Å². The van der Waals surface area contributed by atoms with E-state index in [0.29, 0.717) is 12.3 Å². The second kappa shape index (κ2) is 11.4. The van der Waals surface area contributed by atoms with Gasteiger partial charge in [0.05, 0.1) is 0 Å². The topological polar surface area (TPSA) is 47.3 Å². The van der Waals surface area contributed by atoms with Crippen LogP contribution < -0.4 is 0 Å². The molecule has 0 aromatic rings. The third-order valence-corrected chi connectivity index (χ3v) is 3.09. The number of aliphatic hydroxyl groups excluding tert-OH is 1. The largest absolute Gasteiger partial charge is 0.396 e. The van der Waals surface area contributed by atoms with Crippen LogP contribution in [0, 0.1) is 5.41 Å². The SMILES string of the molecule is CC(=N)C1=CCCN(C)C1.CCCCCCCO. The van der Waals surface area contributed by atoms with Crippen LogP contribution in [0.2, 0.25) is 0 Å². The molecule has 0 unspecified atom stereocenters. The van der Waals surface area contributed by atoms with Gasteiger partial charge < -0.3 is 15.4 Å². The van der Waals surface area contributed by atoms with Gasteiger partial charge in [0.25, 0.3) is 0 Å². The zero-order valence-corrected chi connectivity index (χ0v) is 12.3. The molecule has 1 aliphatic heterocycles. The van der Waals surface area contributed by atoms with Crippen molar-refractivity contribution < 1.29 is 5.11 Å². The minimum absolute atomic E-state index is 0.365. The average molecular weight is 254 g/mol. The Morgan fingerprint density at radius 3 is 2.44 bits per heavy atom. The maximum absolute atomic E-state index is 8.37. The highest BCUT2D eigenvalue weighted by Gasteiger charge is 2.08. The molecule has 3 nitrogen and oxygen atoms in total. The summed E-state index contributed by atoms with van der Waals surface area (Å²) in [6, 6.07) is 0. The van der Waals surface area contributed by atoms with Crippen LogP contribution in [0.4, 0.5) is 0 Å². The molecule has 106 valence electrons. The van der Waals surface area contributed by atoms with Gasteiger partial charge in [0.2, 0.25) is 0 Å². The molecule has 0 saturated heterocycles. The molecule has 0 spiro atoms. The van der Waals surface area contributed by atoms with Gasteiger partial charge in [0.15, 0.2) is 0 Å². The molecule has 0 atom stereocenters. The predicted molar refractivity (Wildman–Crippen MR) is 79.4 cm³/mol. The van der Waals surface area contributed by atoms with Gasteiger partial charge in [0, 0.05) is 25.4 Å². The number of rotatable bonds is 6. The lowest BCUT2D eigenvalue weighted by Crippen LogP contribution is -2.27. The summed E-state index contributed by atoms with van der Waals surface area (Å²) in [5.41, 5.74) is 1.90. The summed E-state index contributed by atoms with van der Waals surface area (Å²) in [6.07, 6.45) is 9.34. The van der Waals surface area contributed by atoms with E-state index >= 15 is 0 Å². The van der Waals surface area contributed by atoms with Gasteiger partial charge >= 0.3 is 0 Å². The van der Waals surface area contributed by atoms with Crippen molar-refractivity contribution in [3.8, 4) is 0 Å². The molecule has 3 heteroatoms. The lowest BCUT2D eigenvalue weighted by atomic mass is 10.1. The van der Waals surface area contributed by atoms with Crippen molar-refractivity contribution in [2.24, 2.45) is 0 Å². The number of unbranched alkanes of at least 4 members (excludes halogenated alkanes) is 4. The summed E-state index contributed by atoms with van der Waals surface area (Å²) in [4.78, 5) is 2.24. The van der Waals surface area contributed by atoms with Gasteiger partial charge in [-0.05, 0) is 32.4 Å². The van der Waals surface area contributed by atoms with Gasteiger partial charge in [-0.3, -0.25) is 0 Å². The molecule has 2 N–H and O–H groups in total. The van der Waals surface area contributed by atoms with E-state index in [1.807, 2.05) is 6.92 Å². The van der Waals surface area contributed by atoms with Crippen molar-refractivity contribution in [1.29, 1.82) is 5.41 Å². The molecule has 0 amide bonds. The molecule has 0 bridgehead atoms. The fraction of sp³-hybridized carbons (Fsp3) is 0.800. The number of likely N-dealkylation sites (N-methyl/N-ethyl adjacent to an activating group) is 1. The summed E-state index contributed by atoms with van der Waals surface area (Å²) in [6.45, 7) is 6.50. The highest BCUT2D eigenvalue weighted by atomic mass is 16.2. The fourth-order valence-electron chi connectivity index (χ4n) is 1.88. The van der Waals surface area contributed by atoms with Crippen LogP contribution in [0.3, 0.4) is 0 Å². The van der Waals surface area contributed by atoms with E-state index in [2.05, 4.69) is 24.9 Å². The van der Waals surface area contributed by atoms with E-state index in [4.69, 9.17) is 10.5 Å². The summed E-state index contributed by atoms with van der Waals surface area (Å²) >= 11 is 0. The third-order valence-electron chi connectivity index (χ3n) is 3.09. The van der Waals surface area contributed by atoms with E-state index in [1.165, 1.54) is 31.3 Å². The third kappa shape index (κ3) is 9.37. The zero-order chi connectivity index (χ0) is 13.8. The maximum Gasteiger partial charge on any atom is 0.0431 e. The standard InChI is InChI=1S/C8H14N2.C7H16O/c1-7(9)8-4-3-5-10(2)6-8;1-2-3-4-5-6-7-8/h4,9H,3,5-6H2,1-2H3;8H,2-7H2,1H3. The highest BCUT2D eigenvalue weighted by Crippen LogP contribution is 2.07. The second-order valence-electron chi connectivity index (χ2n) is 5.02. The van der Waals surface area contributed by atoms with E-state index < -0.39 is 0 Å². The number of hydrogen-bond donors (Lipinski definition) is 2. The van der Waals surface area contributed by atoms with Gasteiger partial charge in [0.1, 0.15) is 0 Å². The summed E-state index contributed by atoms with van der Waals surface area (Å²) in [7, 11) is 2.09. The van der Waals surface area contributed by atoms with Crippen LogP contribution in [0.5, 0.6) is 0 Å². The van der Waals surface area contributed by atoms with Gasteiger partial charge in [-0.15, -0.1) is 0 Å². The van der Waals surface area contributed by atoms with Crippen molar-refractivity contribution in [1.82, 2.24) is 4.90 Å². The van der Waals surface area contributed by atoms with Crippen LogP contribution >= 0.6 is 0 Å². The first-order chi connectivity index (χ1) is 8.61. The van der Waals surface area contributed by atoms with E-state index in [1.54, 1.807) is 0 Å². The molecule has 0 aromatic heterocycles. The minimum Gasteiger partial charge on any atom is -0.396 e. The molecule has 1 rings (SSSR count). The van der Waals surface area contributed by atoms with Crippen LogP contribution in [0.1, 0.15) is 52.4 Å². The van der Waals surface area contributed by atoms with Crippen LogP contribution in [0.15, 0.2) is 11.6 Å². The second-order valence-corrected chi connectivity index (χ2v) is 5.02. The Morgan fingerprint density at radius 1 is 1.33 bits per heavy atom. The van der Waals surface area contributed by atoms with Crippen LogP contribution in [-0.4, -0.2) is 42.5 Å². The molecular formula is C15H30N2O. The number of nitrogens with zero attached hydrogens (tertiary/aromatic N) is 1. The fourth-order valence-corrected chi connectivity index (χ4v) is 1.88. The Labute approximate surface area is 112 Å². The maximum atomic E-state index is 8.37. The first-order valence-electron chi connectivity index (χ1n) is 7.15. The smallest absolute Gasteiger partial charge is 0.0431 e. The van der Waals surface area contributed by atoms with Gasteiger partial charge in [-0.1, -0.05) is 38.7 Å². The number of aliphatic hydroxyl groups is 1. The molecule has 18 heavy (non-hydrogen) atoms. The molecule has 1 aliphatic rings. The molecule has 0 radical (unpaired) electrons. The summed E-state index contributed by atoms with van der Waals surface area (Å²) < 4.78 is 0. The average Bonchev–Trinajstić information content (AvgIpc) is 2.35. The van der Waals surface area contributed by atoms with E-state index in [-0.39, 0.29) is 0 Å². The summed E-state index contributed by atoms with van der Waals surface area (Å²) in [5.74, 6) is 0. The van der Waals surface area contributed by atoms with Crippen molar-refractivity contribution in [2.75, 3.05) is 26.7 Å². The monoisotopic (exact) mass is 254 g/mol. The van der Waals surface area contributed by atoms with Crippen molar-refractivity contribution in [3.63, 3.8) is 0 Å². The Kier molecular flexibility index (Phi) is 11.0. The molecule has 0 fully saturated rings. The summed E-state index contributed by atoms with van der Waals surface area (Å²) in [5, 5.41) is 15.7. The Bertz CT molecular complexity index is 243. The Balaban J connectivity index is 0.000000331. The predicted octanol–water partition coefficient (Wildman–Crippen LogP) is 3.24. The first kappa shape index (κ1) is 17.3. The lowest BCUT2D eigenvalue weighted by Gasteiger charge is -2.22. The zero-order valence-electron chi connectivity index (χ0n) is 12.3. The highest BCUT2D eigenvalue weighted by molar-refractivity contribution is 5.96. The number of nitrogens with one attached hydrogen (secondary N) is 1. The van der Waals surface area contributed by atoms with E-state index in [9.17, 15) is 0 Å². The molecule has 0 aromatic carbocycles. The molecule has 1 heterocycles. The minimum atomic E-state index is 0.365. The normalized spacial score (nSPS) is 15.7. The Hall–Kier alpha value is -0.670. The van der Waals surface area contributed by atoms with Gasteiger partial charge in [-0.25, -0.2) is 0 Å². The quantitative estimate of drug-likeness (QED) is 0.564. The Morgan fingerprint density at radius 2 is 2.00 bits per heavy atom. The van der Waals surface area contributed by atoms with Crippen molar-refractivity contribution >= 4 is 5.71 Å². The molecule has 0 aliphatic carbocycles. The molecular weight excluding hydrogens is 224 g/mol. The van der Waals surface area contributed by atoms with E-state index in [0.717, 1.165) is 25.9 Å². The van der Waals surface area contributed by atoms with Crippen molar-refractivity contribution in [2.45, 2.75) is 52.4 Å². The molecule has 0 saturated carbocycles.